The van der Waals surface area contributed by atoms with Crippen molar-refractivity contribution >= 4 is 15.7 Å². The number of hydrogen-bond acceptors (Lipinski definition) is 3. The Morgan fingerprint density at radius 1 is 1.04 bits per heavy atom. The Morgan fingerprint density at radius 3 is 2.44 bits per heavy atom. The molecule has 2 aromatic rings. The van der Waals surface area contributed by atoms with Gasteiger partial charge in [0.1, 0.15) is 5.82 Å². The zero-order valence-electron chi connectivity index (χ0n) is 15.7. The van der Waals surface area contributed by atoms with Crippen LogP contribution in [0.25, 0.3) is 0 Å². The minimum absolute atomic E-state index is 0.00776. The molecule has 27 heavy (non-hydrogen) atoms. The minimum Gasteiger partial charge on any atom is -0.372 e. The number of nitrogens with zero attached hydrogens (tertiary/aromatic N) is 1. The molecule has 6 heteroatoms. The van der Waals surface area contributed by atoms with E-state index >= 15 is 0 Å². The van der Waals surface area contributed by atoms with Gasteiger partial charge in [-0.25, -0.2) is 17.5 Å². The summed E-state index contributed by atoms with van der Waals surface area (Å²) in [7, 11) is -3.69. The number of halogens is 1. The van der Waals surface area contributed by atoms with Gasteiger partial charge in [0.15, 0.2) is 0 Å². The predicted molar refractivity (Wildman–Crippen MR) is 107 cm³/mol. The molecule has 1 aliphatic rings. The van der Waals surface area contributed by atoms with Gasteiger partial charge in [0, 0.05) is 25.3 Å². The molecule has 4 nitrogen and oxygen atoms in total. The summed E-state index contributed by atoms with van der Waals surface area (Å²) >= 11 is 0. The van der Waals surface area contributed by atoms with Crippen LogP contribution in [0, 0.1) is 12.7 Å². The molecular formula is C21H27FN2O2S. The van der Waals surface area contributed by atoms with Crippen molar-refractivity contribution in [1.82, 2.24) is 4.72 Å². The van der Waals surface area contributed by atoms with E-state index < -0.39 is 15.8 Å². The van der Waals surface area contributed by atoms with E-state index in [2.05, 4.69) is 33.9 Å². The number of hydrogen-bond donors (Lipinski definition) is 1. The lowest BCUT2D eigenvalue weighted by atomic mass is 10.1. The van der Waals surface area contributed by atoms with Gasteiger partial charge >= 0.3 is 0 Å². The van der Waals surface area contributed by atoms with Crippen LogP contribution in [-0.4, -0.2) is 28.1 Å². The third-order valence-electron chi connectivity index (χ3n) is 5.03. The Balaban J connectivity index is 1.50. The number of anilines is 1. The maximum Gasteiger partial charge on any atom is 0.240 e. The molecule has 0 amide bonds. The highest BCUT2D eigenvalue weighted by Gasteiger charge is 2.17. The quantitative estimate of drug-likeness (QED) is 0.726. The van der Waals surface area contributed by atoms with E-state index in [-0.39, 0.29) is 4.90 Å². The Labute approximate surface area is 161 Å². The third-order valence-corrected chi connectivity index (χ3v) is 6.63. The van der Waals surface area contributed by atoms with Crippen LogP contribution in [0.3, 0.4) is 0 Å². The van der Waals surface area contributed by atoms with Crippen molar-refractivity contribution < 1.29 is 12.8 Å². The Morgan fingerprint density at radius 2 is 1.74 bits per heavy atom. The number of benzene rings is 2. The normalized spacial score (nSPS) is 15.1. The lowest BCUT2D eigenvalue weighted by Crippen LogP contribution is -2.29. The minimum atomic E-state index is -3.69. The van der Waals surface area contributed by atoms with Crippen LogP contribution in [0.5, 0.6) is 0 Å². The van der Waals surface area contributed by atoms with Gasteiger partial charge in [-0.2, -0.15) is 0 Å². The molecule has 1 saturated heterocycles. The third kappa shape index (κ3) is 5.30. The fourth-order valence-electron chi connectivity index (χ4n) is 3.47. The summed E-state index contributed by atoms with van der Waals surface area (Å²) in [6.45, 7) is 4.24. The maximum atomic E-state index is 13.4. The van der Waals surface area contributed by atoms with E-state index in [1.54, 1.807) is 6.92 Å². The van der Waals surface area contributed by atoms with Gasteiger partial charge in [-0.15, -0.1) is 0 Å². The van der Waals surface area contributed by atoms with Gasteiger partial charge in [0.25, 0.3) is 0 Å². The van der Waals surface area contributed by atoms with E-state index in [1.807, 2.05) is 0 Å². The Kier molecular flexibility index (Phi) is 6.50. The number of piperidine rings is 1. The molecule has 0 aliphatic carbocycles. The molecule has 146 valence electrons. The highest BCUT2D eigenvalue weighted by Crippen LogP contribution is 2.21. The molecule has 0 radical (unpaired) electrons. The van der Waals surface area contributed by atoms with E-state index in [0.717, 1.165) is 25.6 Å². The van der Waals surface area contributed by atoms with Crippen LogP contribution in [0.1, 0.15) is 36.8 Å². The molecule has 0 unspecified atom stereocenters. The zero-order chi connectivity index (χ0) is 19.3. The first-order valence-electron chi connectivity index (χ1n) is 9.55. The monoisotopic (exact) mass is 390 g/mol. The van der Waals surface area contributed by atoms with Crippen molar-refractivity contribution in [2.75, 3.05) is 24.5 Å². The second-order valence-corrected chi connectivity index (χ2v) is 8.86. The first-order valence-corrected chi connectivity index (χ1v) is 11.0. The summed E-state index contributed by atoms with van der Waals surface area (Å²) in [6, 6.07) is 12.4. The highest BCUT2D eigenvalue weighted by atomic mass is 32.2. The standard InChI is InChI=1S/C21H27FN2O2S/c1-17-7-10-19(22)16-21(17)27(25,26)23-13-5-6-18-8-11-20(12-9-18)24-14-3-2-4-15-24/h7-12,16,23H,2-6,13-15H2,1H3. The van der Waals surface area contributed by atoms with Crippen molar-refractivity contribution in [3.8, 4) is 0 Å². The second kappa shape index (κ2) is 8.85. The van der Waals surface area contributed by atoms with Crippen LogP contribution >= 0.6 is 0 Å². The van der Waals surface area contributed by atoms with Crippen LogP contribution in [-0.2, 0) is 16.4 Å². The molecule has 0 atom stereocenters. The molecule has 1 fully saturated rings. The molecule has 1 N–H and O–H groups in total. The molecule has 0 aromatic heterocycles. The van der Waals surface area contributed by atoms with Gasteiger partial charge in [-0.3, -0.25) is 0 Å². The Hall–Kier alpha value is -1.92. The van der Waals surface area contributed by atoms with Crippen molar-refractivity contribution in [2.24, 2.45) is 0 Å². The summed E-state index contributed by atoms with van der Waals surface area (Å²) in [5, 5.41) is 0. The summed E-state index contributed by atoms with van der Waals surface area (Å²) in [6.07, 6.45) is 5.32. The fraction of sp³-hybridized carbons (Fsp3) is 0.429. The van der Waals surface area contributed by atoms with Crippen molar-refractivity contribution in [1.29, 1.82) is 0 Å². The molecule has 0 spiro atoms. The highest BCUT2D eigenvalue weighted by molar-refractivity contribution is 7.89. The molecule has 0 saturated carbocycles. The maximum absolute atomic E-state index is 13.4. The van der Waals surface area contributed by atoms with Crippen molar-refractivity contribution in [3.63, 3.8) is 0 Å². The summed E-state index contributed by atoms with van der Waals surface area (Å²) < 4.78 is 40.6. The molecule has 1 heterocycles. The fourth-order valence-corrected chi connectivity index (χ4v) is 4.79. The predicted octanol–water partition coefficient (Wildman–Crippen LogP) is 4.04. The van der Waals surface area contributed by atoms with Crippen molar-refractivity contribution in [2.45, 2.75) is 43.9 Å². The first-order chi connectivity index (χ1) is 13.0. The molecule has 2 aromatic carbocycles. The van der Waals surface area contributed by atoms with Gasteiger partial charge in [-0.05, 0) is 74.4 Å². The van der Waals surface area contributed by atoms with Gasteiger partial charge in [0.2, 0.25) is 10.0 Å². The van der Waals surface area contributed by atoms with Crippen molar-refractivity contribution in [3.05, 3.63) is 59.4 Å². The average molecular weight is 391 g/mol. The summed E-state index contributed by atoms with van der Waals surface area (Å²) in [5.41, 5.74) is 3.00. The first kappa shape index (κ1) is 19.8. The van der Waals surface area contributed by atoms with E-state index in [0.29, 0.717) is 18.5 Å². The smallest absolute Gasteiger partial charge is 0.240 e. The molecular weight excluding hydrogens is 363 g/mol. The number of sulfonamides is 1. The second-order valence-electron chi connectivity index (χ2n) is 7.13. The number of aryl methyl sites for hydroxylation is 2. The topological polar surface area (TPSA) is 49.4 Å². The Bertz CT molecular complexity index is 860. The number of nitrogens with one attached hydrogen (secondary N) is 1. The SMILES string of the molecule is Cc1ccc(F)cc1S(=O)(=O)NCCCc1ccc(N2CCCCC2)cc1. The van der Waals surface area contributed by atoms with E-state index in [4.69, 9.17) is 0 Å². The van der Waals surface area contributed by atoms with Gasteiger partial charge < -0.3 is 4.90 Å². The molecule has 0 bridgehead atoms. The van der Waals surface area contributed by atoms with Crippen LogP contribution in [0.2, 0.25) is 0 Å². The molecule has 3 rings (SSSR count). The van der Waals surface area contributed by atoms with Gasteiger partial charge in [0.05, 0.1) is 4.90 Å². The van der Waals surface area contributed by atoms with Crippen LogP contribution < -0.4 is 9.62 Å². The summed E-state index contributed by atoms with van der Waals surface area (Å²) in [4.78, 5) is 2.43. The van der Waals surface area contributed by atoms with E-state index in [9.17, 15) is 12.8 Å². The summed E-state index contributed by atoms with van der Waals surface area (Å²) in [5.74, 6) is -0.547. The zero-order valence-corrected chi connectivity index (χ0v) is 16.6. The van der Waals surface area contributed by atoms with Crippen LogP contribution in [0.4, 0.5) is 10.1 Å². The average Bonchev–Trinajstić information content (AvgIpc) is 2.68. The largest absolute Gasteiger partial charge is 0.372 e. The van der Waals surface area contributed by atoms with E-state index in [1.165, 1.54) is 42.6 Å². The lowest BCUT2D eigenvalue weighted by molar-refractivity contribution is 0.574. The van der Waals surface area contributed by atoms with Crippen LogP contribution in [0.15, 0.2) is 47.4 Å². The number of rotatable bonds is 7. The lowest BCUT2D eigenvalue weighted by Gasteiger charge is -2.28. The molecule has 1 aliphatic heterocycles. The van der Waals surface area contributed by atoms with Gasteiger partial charge in [-0.1, -0.05) is 18.2 Å².